The summed E-state index contributed by atoms with van der Waals surface area (Å²) in [5.74, 6) is -1.20. The predicted molar refractivity (Wildman–Crippen MR) is 105 cm³/mol. The van der Waals surface area contributed by atoms with Gasteiger partial charge in [0.25, 0.3) is 5.91 Å². The standard InChI is InChI=1S/C21H23N3O4/c1-12-6-7-17(8-13(12)2)24-14(3)9-16(15(24)4)10-18-20(26)23(21(27)22-18)11-19(25)28-5/h6-10H,11H2,1-5H3,(H,22,27)/b18-10+. The molecule has 0 bridgehead atoms. The Hall–Kier alpha value is -3.35. The molecule has 146 valence electrons. The normalized spacial score (nSPS) is 15.3. The largest absolute Gasteiger partial charge is 0.468 e. The molecule has 1 aliphatic rings. The van der Waals surface area contributed by atoms with Gasteiger partial charge in [-0.25, -0.2) is 9.69 Å². The van der Waals surface area contributed by atoms with Crippen molar-refractivity contribution in [3.05, 3.63) is 58.0 Å². The SMILES string of the molecule is COC(=O)CN1C(=O)N/C(=C/c2cc(C)n(-c3ccc(C)c(C)c3)c2C)C1=O. The third-order valence-corrected chi connectivity index (χ3v) is 5.00. The van der Waals surface area contributed by atoms with E-state index in [9.17, 15) is 14.4 Å². The number of amides is 3. The van der Waals surface area contributed by atoms with Crippen molar-refractivity contribution in [1.29, 1.82) is 0 Å². The van der Waals surface area contributed by atoms with E-state index in [0.717, 1.165) is 27.5 Å². The Morgan fingerprint density at radius 3 is 2.46 bits per heavy atom. The van der Waals surface area contributed by atoms with Crippen LogP contribution in [0.4, 0.5) is 4.79 Å². The van der Waals surface area contributed by atoms with Gasteiger partial charge in [0.1, 0.15) is 12.2 Å². The molecule has 1 saturated heterocycles. The van der Waals surface area contributed by atoms with Gasteiger partial charge in [0.15, 0.2) is 0 Å². The highest BCUT2D eigenvalue weighted by molar-refractivity contribution is 6.15. The fourth-order valence-corrected chi connectivity index (χ4v) is 3.26. The average molecular weight is 381 g/mol. The molecule has 0 spiro atoms. The Labute approximate surface area is 163 Å². The number of ether oxygens (including phenoxy) is 1. The second-order valence-electron chi connectivity index (χ2n) is 6.89. The monoisotopic (exact) mass is 381 g/mol. The molecule has 7 heteroatoms. The van der Waals surface area contributed by atoms with E-state index in [2.05, 4.69) is 46.7 Å². The first-order valence-electron chi connectivity index (χ1n) is 8.91. The van der Waals surface area contributed by atoms with Crippen molar-refractivity contribution in [2.24, 2.45) is 0 Å². The van der Waals surface area contributed by atoms with Crippen LogP contribution in [-0.2, 0) is 14.3 Å². The van der Waals surface area contributed by atoms with E-state index in [1.807, 2.05) is 19.9 Å². The average Bonchev–Trinajstić information content (AvgIpc) is 3.07. The lowest BCUT2D eigenvalue weighted by Gasteiger charge is -2.12. The van der Waals surface area contributed by atoms with Crippen molar-refractivity contribution >= 4 is 24.0 Å². The van der Waals surface area contributed by atoms with Crippen molar-refractivity contribution in [3.8, 4) is 5.69 Å². The Morgan fingerprint density at radius 1 is 1.11 bits per heavy atom. The van der Waals surface area contributed by atoms with Crippen LogP contribution >= 0.6 is 0 Å². The highest BCUT2D eigenvalue weighted by Gasteiger charge is 2.35. The summed E-state index contributed by atoms with van der Waals surface area (Å²) in [4.78, 5) is 36.8. The van der Waals surface area contributed by atoms with Gasteiger partial charge in [-0.15, -0.1) is 0 Å². The van der Waals surface area contributed by atoms with Crippen LogP contribution in [0.15, 0.2) is 30.0 Å². The van der Waals surface area contributed by atoms with Crippen molar-refractivity contribution in [3.63, 3.8) is 0 Å². The highest BCUT2D eigenvalue weighted by Crippen LogP contribution is 2.25. The van der Waals surface area contributed by atoms with E-state index in [1.54, 1.807) is 6.08 Å². The quantitative estimate of drug-likeness (QED) is 0.502. The molecule has 7 nitrogen and oxygen atoms in total. The van der Waals surface area contributed by atoms with Gasteiger partial charge in [0.2, 0.25) is 0 Å². The number of urea groups is 1. The lowest BCUT2D eigenvalue weighted by atomic mass is 10.1. The van der Waals surface area contributed by atoms with Crippen LogP contribution in [0.1, 0.15) is 28.1 Å². The minimum absolute atomic E-state index is 0.134. The molecule has 3 rings (SSSR count). The number of hydrogen-bond donors (Lipinski definition) is 1. The van der Waals surface area contributed by atoms with Gasteiger partial charge in [-0.05, 0) is 68.7 Å². The molecule has 1 fully saturated rings. The first-order chi connectivity index (χ1) is 13.2. The lowest BCUT2D eigenvalue weighted by Crippen LogP contribution is -2.36. The van der Waals surface area contributed by atoms with Crippen LogP contribution in [-0.4, -0.2) is 41.0 Å². The molecule has 2 aromatic rings. The van der Waals surface area contributed by atoms with Gasteiger partial charge in [0.05, 0.1) is 7.11 Å². The van der Waals surface area contributed by atoms with E-state index in [1.165, 1.54) is 18.2 Å². The number of carbonyl (C=O) groups excluding carboxylic acids is 3. The summed E-state index contributed by atoms with van der Waals surface area (Å²) in [6.07, 6.45) is 1.64. The number of rotatable bonds is 4. The maximum Gasteiger partial charge on any atom is 0.329 e. The third kappa shape index (κ3) is 3.43. The molecule has 0 radical (unpaired) electrons. The topological polar surface area (TPSA) is 80.6 Å². The number of imide groups is 1. The molecule has 0 atom stereocenters. The zero-order chi connectivity index (χ0) is 20.6. The molecular formula is C21H23N3O4. The molecular weight excluding hydrogens is 358 g/mol. The molecule has 0 saturated carbocycles. The highest BCUT2D eigenvalue weighted by atomic mass is 16.5. The summed E-state index contributed by atoms with van der Waals surface area (Å²) >= 11 is 0. The lowest BCUT2D eigenvalue weighted by molar-refractivity contribution is -0.143. The fraction of sp³-hybridized carbons (Fsp3) is 0.286. The van der Waals surface area contributed by atoms with Gasteiger partial charge in [-0.3, -0.25) is 9.59 Å². The van der Waals surface area contributed by atoms with Gasteiger partial charge in [0, 0.05) is 17.1 Å². The van der Waals surface area contributed by atoms with Crippen LogP contribution in [0.25, 0.3) is 11.8 Å². The zero-order valence-corrected chi connectivity index (χ0v) is 16.6. The van der Waals surface area contributed by atoms with Crippen molar-refractivity contribution < 1.29 is 19.1 Å². The molecule has 28 heavy (non-hydrogen) atoms. The second-order valence-corrected chi connectivity index (χ2v) is 6.89. The minimum atomic E-state index is -0.655. The Balaban J connectivity index is 1.95. The first-order valence-corrected chi connectivity index (χ1v) is 8.91. The smallest absolute Gasteiger partial charge is 0.329 e. The van der Waals surface area contributed by atoms with Crippen molar-refractivity contribution in [1.82, 2.24) is 14.8 Å². The molecule has 1 aromatic heterocycles. The third-order valence-electron chi connectivity index (χ3n) is 5.00. The number of hydrogen-bond acceptors (Lipinski definition) is 4. The first kappa shape index (κ1) is 19.4. The molecule has 0 unspecified atom stereocenters. The number of methoxy groups -OCH3 is 1. The maximum atomic E-state index is 12.5. The predicted octanol–water partition coefficient (Wildman–Crippen LogP) is 2.78. The number of benzene rings is 1. The Morgan fingerprint density at radius 2 is 1.82 bits per heavy atom. The Kier molecular flexibility index (Phi) is 5.09. The van der Waals surface area contributed by atoms with Crippen LogP contribution in [0.3, 0.4) is 0 Å². The van der Waals surface area contributed by atoms with Gasteiger partial charge in [-0.2, -0.15) is 0 Å². The summed E-state index contributed by atoms with van der Waals surface area (Å²) in [6, 6.07) is 7.57. The van der Waals surface area contributed by atoms with Gasteiger partial charge < -0.3 is 14.6 Å². The summed E-state index contributed by atoms with van der Waals surface area (Å²) in [6.45, 7) is 7.67. The van der Waals surface area contributed by atoms with E-state index in [-0.39, 0.29) is 5.70 Å². The summed E-state index contributed by atoms with van der Waals surface area (Å²) in [5, 5.41) is 2.53. The van der Waals surface area contributed by atoms with Gasteiger partial charge >= 0.3 is 12.0 Å². The van der Waals surface area contributed by atoms with Crippen LogP contribution < -0.4 is 5.32 Å². The fourth-order valence-electron chi connectivity index (χ4n) is 3.26. The van der Waals surface area contributed by atoms with E-state index in [4.69, 9.17) is 0 Å². The maximum absolute atomic E-state index is 12.5. The number of carbonyl (C=O) groups is 3. The summed E-state index contributed by atoms with van der Waals surface area (Å²) in [7, 11) is 1.21. The summed E-state index contributed by atoms with van der Waals surface area (Å²) < 4.78 is 6.64. The number of nitrogens with zero attached hydrogens (tertiary/aromatic N) is 2. The van der Waals surface area contributed by atoms with Gasteiger partial charge in [-0.1, -0.05) is 6.07 Å². The zero-order valence-electron chi connectivity index (χ0n) is 16.6. The molecule has 1 aliphatic heterocycles. The second kappa shape index (κ2) is 7.34. The summed E-state index contributed by atoms with van der Waals surface area (Å²) in [5.41, 5.74) is 6.36. The number of esters is 1. The Bertz CT molecular complexity index is 1020. The van der Waals surface area contributed by atoms with E-state index < -0.39 is 24.5 Å². The van der Waals surface area contributed by atoms with Crippen LogP contribution in [0, 0.1) is 27.7 Å². The minimum Gasteiger partial charge on any atom is -0.468 e. The molecule has 1 N–H and O–H groups in total. The molecule has 0 aliphatic carbocycles. The number of aromatic nitrogens is 1. The van der Waals surface area contributed by atoms with Crippen molar-refractivity contribution in [2.45, 2.75) is 27.7 Å². The van der Waals surface area contributed by atoms with E-state index in [0.29, 0.717) is 0 Å². The number of aryl methyl sites for hydroxylation is 3. The molecule has 2 heterocycles. The van der Waals surface area contributed by atoms with Crippen LogP contribution in [0.2, 0.25) is 0 Å². The molecule has 1 aromatic carbocycles. The molecule has 3 amide bonds. The van der Waals surface area contributed by atoms with Crippen LogP contribution in [0.5, 0.6) is 0 Å². The van der Waals surface area contributed by atoms with Crippen molar-refractivity contribution in [2.75, 3.05) is 13.7 Å². The number of nitrogens with one attached hydrogen (secondary N) is 1. The van der Waals surface area contributed by atoms with E-state index >= 15 is 0 Å².